The van der Waals surface area contributed by atoms with Gasteiger partial charge in [-0.05, 0) is 24.1 Å². The SMILES string of the molecule is Cc1ccc(CNCc2ccccc2)c(F)c1. The van der Waals surface area contributed by atoms with Crippen LogP contribution in [0.2, 0.25) is 0 Å². The summed E-state index contributed by atoms with van der Waals surface area (Å²) in [6, 6.07) is 15.4. The summed E-state index contributed by atoms with van der Waals surface area (Å²) in [4.78, 5) is 0. The van der Waals surface area contributed by atoms with Crippen molar-refractivity contribution >= 4 is 0 Å². The highest BCUT2D eigenvalue weighted by molar-refractivity contribution is 5.23. The van der Waals surface area contributed by atoms with Gasteiger partial charge >= 0.3 is 0 Å². The predicted octanol–water partition coefficient (Wildman–Crippen LogP) is 3.42. The summed E-state index contributed by atoms with van der Waals surface area (Å²) in [5, 5.41) is 3.24. The molecule has 0 saturated heterocycles. The third-order valence-corrected chi connectivity index (χ3v) is 2.70. The average Bonchev–Trinajstić information content (AvgIpc) is 2.33. The van der Waals surface area contributed by atoms with Crippen LogP contribution in [0.15, 0.2) is 48.5 Å². The fraction of sp³-hybridized carbons (Fsp3) is 0.200. The van der Waals surface area contributed by atoms with Crippen molar-refractivity contribution in [2.75, 3.05) is 0 Å². The first-order chi connectivity index (χ1) is 8.25. The molecule has 2 heteroatoms. The topological polar surface area (TPSA) is 12.0 Å². The van der Waals surface area contributed by atoms with Crippen LogP contribution < -0.4 is 5.32 Å². The highest BCUT2D eigenvalue weighted by Gasteiger charge is 2.01. The Bertz CT molecular complexity index is 480. The van der Waals surface area contributed by atoms with Gasteiger partial charge in [0.05, 0.1) is 0 Å². The number of aryl methyl sites for hydroxylation is 1. The molecule has 0 aliphatic carbocycles. The molecular formula is C15H16FN. The van der Waals surface area contributed by atoms with Crippen LogP contribution >= 0.6 is 0 Å². The van der Waals surface area contributed by atoms with Gasteiger partial charge in [0.25, 0.3) is 0 Å². The predicted molar refractivity (Wildman–Crippen MR) is 68.1 cm³/mol. The van der Waals surface area contributed by atoms with Crippen LogP contribution in [0.5, 0.6) is 0 Å². The van der Waals surface area contributed by atoms with Gasteiger partial charge < -0.3 is 5.32 Å². The Morgan fingerprint density at radius 3 is 2.47 bits per heavy atom. The van der Waals surface area contributed by atoms with E-state index in [1.165, 1.54) is 5.56 Å². The van der Waals surface area contributed by atoms with Crippen molar-refractivity contribution in [2.24, 2.45) is 0 Å². The van der Waals surface area contributed by atoms with E-state index in [0.717, 1.165) is 12.1 Å². The zero-order valence-electron chi connectivity index (χ0n) is 9.91. The molecule has 0 aliphatic rings. The molecule has 0 heterocycles. The summed E-state index contributed by atoms with van der Waals surface area (Å²) in [7, 11) is 0. The largest absolute Gasteiger partial charge is 0.309 e. The number of halogens is 1. The lowest BCUT2D eigenvalue weighted by atomic mass is 10.1. The summed E-state index contributed by atoms with van der Waals surface area (Å²) in [6.07, 6.45) is 0. The summed E-state index contributed by atoms with van der Waals surface area (Å²) >= 11 is 0. The molecule has 0 spiro atoms. The molecule has 0 bridgehead atoms. The fourth-order valence-corrected chi connectivity index (χ4v) is 1.73. The van der Waals surface area contributed by atoms with E-state index in [1.54, 1.807) is 6.07 Å². The van der Waals surface area contributed by atoms with Gasteiger partial charge in [0.15, 0.2) is 0 Å². The van der Waals surface area contributed by atoms with Crippen LogP contribution in [-0.4, -0.2) is 0 Å². The third-order valence-electron chi connectivity index (χ3n) is 2.70. The van der Waals surface area contributed by atoms with E-state index in [9.17, 15) is 4.39 Å². The Balaban J connectivity index is 1.90. The van der Waals surface area contributed by atoms with Crippen molar-refractivity contribution in [2.45, 2.75) is 20.0 Å². The molecule has 0 aliphatic heterocycles. The van der Waals surface area contributed by atoms with Crippen molar-refractivity contribution in [3.8, 4) is 0 Å². The maximum absolute atomic E-state index is 13.5. The molecule has 2 aromatic carbocycles. The van der Waals surface area contributed by atoms with Gasteiger partial charge in [0, 0.05) is 18.7 Å². The summed E-state index contributed by atoms with van der Waals surface area (Å²) in [6.45, 7) is 3.21. The van der Waals surface area contributed by atoms with Gasteiger partial charge in [-0.15, -0.1) is 0 Å². The van der Waals surface area contributed by atoms with E-state index in [1.807, 2.05) is 37.3 Å². The number of rotatable bonds is 4. The van der Waals surface area contributed by atoms with Crippen LogP contribution in [0.3, 0.4) is 0 Å². The molecule has 0 saturated carbocycles. The van der Waals surface area contributed by atoms with Crippen molar-refractivity contribution < 1.29 is 4.39 Å². The second kappa shape index (κ2) is 5.60. The molecule has 2 rings (SSSR count). The van der Waals surface area contributed by atoms with Crippen LogP contribution in [0.1, 0.15) is 16.7 Å². The van der Waals surface area contributed by atoms with Crippen molar-refractivity contribution in [3.05, 3.63) is 71.0 Å². The van der Waals surface area contributed by atoms with Crippen molar-refractivity contribution in [1.29, 1.82) is 0 Å². The Kier molecular flexibility index (Phi) is 3.89. The van der Waals surface area contributed by atoms with Gasteiger partial charge in [-0.2, -0.15) is 0 Å². The highest BCUT2D eigenvalue weighted by Crippen LogP contribution is 2.09. The lowest BCUT2D eigenvalue weighted by Crippen LogP contribution is -2.13. The molecule has 88 valence electrons. The normalized spacial score (nSPS) is 10.5. The van der Waals surface area contributed by atoms with Crippen LogP contribution in [0, 0.1) is 12.7 Å². The van der Waals surface area contributed by atoms with Crippen LogP contribution in [0.25, 0.3) is 0 Å². The summed E-state index contributed by atoms with van der Waals surface area (Å²) in [5.41, 5.74) is 2.88. The lowest BCUT2D eigenvalue weighted by Gasteiger charge is -2.06. The minimum atomic E-state index is -0.134. The standard InChI is InChI=1S/C15H16FN/c1-12-7-8-14(15(16)9-12)11-17-10-13-5-3-2-4-6-13/h2-9,17H,10-11H2,1H3. The number of hydrogen-bond donors (Lipinski definition) is 1. The molecule has 0 aromatic heterocycles. The molecular weight excluding hydrogens is 213 g/mol. The van der Waals surface area contributed by atoms with Gasteiger partial charge in [-0.25, -0.2) is 4.39 Å². The number of hydrogen-bond acceptors (Lipinski definition) is 1. The Hall–Kier alpha value is -1.67. The zero-order chi connectivity index (χ0) is 12.1. The average molecular weight is 229 g/mol. The number of benzene rings is 2. The van der Waals surface area contributed by atoms with Gasteiger partial charge in [-0.1, -0.05) is 42.5 Å². The first-order valence-corrected chi connectivity index (χ1v) is 5.75. The molecule has 17 heavy (non-hydrogen) atoms. The fourth-order valence-electron chi connectivity index (χ4n) is 1.73. The van der Waals surface area contributed by atoms with E-state index in [2.05, 4.69) is 17.4 Å². The Labute approximate surface area is 101 Å². The van der Waals surface area contributed by atoms with Crippen LogP contribution in [0.4, 0.5) is 4.39 Å². The molecule has 0 atom stereocenters. The first-order valence-electron chi connectivity index (χ1n) is 5.75. The molecule has 1 N–H and O–H groups in total. The Morgan fingerprint density at radius 2 is 1.76 bits per heavy atom. The lowest BCUT2D eigenvalue weighted by molar-refractivity contribution is 0.587. The molecule has 0 unspecified atom stereocenters. The van der Waals surface area contributed by atoms with Gasteiger partial charge in [-0.3, -0.25) is 0 Å². The molecule has 1 nitrogen and oxygen atoms in total. The van der Waals surface area contributed by atoms with E-state index in [-0.39, 0.29) is 5.82 Å². The minimum absolute atomic E-state index is 0.134. The first kappa shape index (κ1) is 11.8. The zero-order valence-corrected chi connectivity index (χ0v) is 9.91. The second-order valence-electron chi connectivity index (χ2n) is 4.18. The van der Waals surface area contributed by atoms with Crippen molar-refractivity contribution in [1.82, 2.24) is 5.32 Å². The van der Waals surface area contributed by atoms with E-state index < -0.39 is 0 Å². The number of nitrogens with one attached hydrogen (secondary N) is 1. The maximum Gasteiger partial charge on any atom is 0.127 e. The maximum atomic E-state index is 13.5. The smallest absolute Gasteiger partial charge is 0.127 e. The highest BCUT2D eigenvalue weighted by atomic mass is 19.1. The monoisotopic (exact) mass is 229 g/mol. The summed E-state index contributed by atoms with van der Waals surface area (Å²) in [5.74, 6) is -0.134. The summed E-state index contributed by atoms with van der Waals surface area (Å²) < 4.78 is 13.5. The third kappa shape index (κ3) is 3.40. The second-order valence-corrected chi connectivity index (χ2v) is 4.18. The van der Waals surface area contributed by atoms with Gasteiger partial charge in [0.2, 0.25) is 0 Å². The van der Waals surface area contributed by atoms with Gasteiger partial charge in [0.1, 0.15) is 5.82 Å². The van der Waals surface area contributed by atoms with E-state index in [4.69, 9.17) is 0 Å². The molecule has 0 fully saturated rings. The molecule has 0 radical (unpaired) electrons. The quantitative estimate of drug-likeness (QED) is 0.847. The molecule has 0 amide bonds. The van der Waals surface area contributed by atoms with Crippen molar-refractivity contribution in [3.63, 3.8) is 0 Å². The Morgan fingerprint density at radius 1 is 1.00 bits per heavy atom. The minimum Gasteiger partial charge on any atom is -0.309 e. The molecule has 2 aromatic rings. The van der Waals surface area contributed by atoms with E-state index in [0.29, 0.717) is 12.1 Å². The van der Waals surface area contributed by atoms with Crippen LogP contribution in [-0.2, 0) is 13.1 Å². The van der Waals surface area contributed by atoms with E-state index >= 15 is 0 Å².